The van der Waals surface area contributed by atoms with Crippen molar-refractivity contribution in [3.8, 4) is 0 Å². The number of ether oxygens (including phenoxy) is 1. The fourth-order valence-corrected chi connectivity index (χ4v) is 3.69. The van der Waals surface area contributed by atoms with Crippen molar-refractivity contribution >= 4 is 23.6 Å². The van der Waals surface area contributed by atoms with Gasteiger partial charge in [0.15, 0.2) is 0 Å². The van der Waals surface area contributed by atoms with Crippen LogP contribution in [0.25, 0.3) is 0 Å². The van der Waals surface area contributed by atoms with Crippen LogP contribution in [-0.2, 0) is 14.3 Å². The maximum Gasteiger partial charge on any atom is 0.329 e. The van der Waals surface area contributed by atoms with Gasteiger partial charge in [-0.3, -0.25) is 4.79 Å². The number of amides is 1. The van der Waals surface area contributed by atoms with Crippen LogP contribution in [0.4, 0.5) is 0 Å². The zero-order valence-electron chi connectivity index (χ0n) is 11.6. The first-order valence-electron chi connectivity index (χ1n) is 6.90. The van der Waals surface area contributed by atoms with Gasteiger partial charge in [-0.2, -0.15) is 11.8 Å². The van der Waals surface area contributed by atoms with Gasteiger partial charge in [0.05, 0.1) is 12.5 Å². The summed E-state index contributed by atoms with van der Waals surface area (Å²) in [6.45, 7) is 6.49. The molecule has 2 heterocycles. The molecule has 1 N–H and O–H groups in total. The van der Waals surface area contributed by atoms with Gasteiger partial charge in [0, 0.05) is 24.6 Å². The highest BCUT2D eigenvalue weighted by Crippen LogP contribution is 2.24. The Kier molecular flexibility index (Phi) is 5.10. The summed E-state index contributed by atoms with van der Waals surface area (Å²) >= 11 is 1.71. The average molecular weight is 286 g/mol. The largest absolute Gasteiger partial charge is 0.464 e. The fraction of sp³-hybridized carbons (Fsp3) is 0.846. The van der Waals surface area contributed by atoms with Gasteiger partial charge < -0.3 is 15.0 Å². The number of hydrogen-bond acceptors (Lipinski definition) is 5. The van der Waals surface area contributed by atoms with E-state index >= 15 is 0 Å². The Morgan fingerprint density at radius 2 is 2.21 bits per heavy atom. The summed E-state index contributed by atoms with van der Waals surface area (Å²) in [5.74, 6) is 1.73. The predicted molar refractivity (Wildman–Crippen MR) is 75.0 cm³/mol. The molecule has 0 aromatic heterocycles. The zero-order valence-corrected chi connectivity index (χ0v) is 12.4. The average Bonchev–Trinajstić information content (AvgIpc) is 2.84. The van der Waals surface area contributed by atoms with E-state index < -0.39 is 6.04 Å². The summed E-state index contributed by atoms with van der Waals surface area (Å²) in [5, 5.41) is 3.24. The lowest BCUT2D eigenvalue weighted by molar-refractivity contribution is -0.155. The van der Waals surface area contributed by atoms with Crippen molar-refractivity contribution in [1.29, 1.82) is 0 Å². The van der Waals surface area contributed by atoms with Gasteiger partial charge in [-0.05, 0) is 19.4 Å². The van der Waals surface area contributed by atoms with Gasteiger partial charge >= 0.3 is 5.97 Å². The lowest BCUT2D eigenvalue weighted by atomic mass is 9.96. The molecule has 2 fully saturated rings. The summed E-state index contributed by atoms with van der Waals surface area (Å²) in [7, 11) is 0. The van der Waals surface area contributed by atoms with Crippen molar-refractivity contribution in [3.63, 3.8) is 0 Å². The molecule has 0 spiro atoms. The molecule has 6 heteroatoms. The number of nitrogens with one attached hydrogen (secondary N) is 1. The predicted octanol–water partition coefficient (Wildman–Crippen LogP) is 0.349. The maximum absolute atomic E-state index is 12.6. The quantitative estimate of drug-likeness (QED) is 0.759. The molecule has 0 aromatic rings. The number of esters is 1. The Labute approximate surface area is 118 Å². The van der Waals surface area contributed by atoms with Crippen LogP contribution in [-0.4, -0.2) is 60.6 Å². The van der Waals surface area contributed by atoms with Crippen LogP contribution in [0.15, 0.2) is 0 Å². The summed E-state index contributed by atoms with van der Waals surface area (Å²) in [6, 6.07) is -0.404. The van der Waals surface area contributed by atoms with Crippen LogP contribution < -0.4 is 5.32 Å². The molecule has 1 amide bonds. The molecular formula is C13H22N2O3S. The van der Waals surface area contributed by atoms with Gasteiger partial charge in [0.2, 0.25) is 5.91 Å². The topological polar surface area (TPSA) is 58.6 Å². The molecule has 0 radical (unpaired) electrons. The van der Waals surface area contributed by atoms with Crippen LogP contribution in [0.1, 0.15) is 13.8 Å². The molecular weight excluding hydrogens is 264 g/mol. The molecule has 108 valence electrons. The van der Waals surface area contributed by atoms with Crippen LogP contribution in [0.3, 0.4) is 0 Å². The summed E-state index contributed by atoms with van der Waals surface area (Å²) in [4.78, 5) is 26.3. The monoisotopic (exact) mass is 286 g/mol. The van der Waals surface area contributed by atoms with E-state index in [-0.39, 0.29) is 17.8 Å². The van der Waals surface area contributed by atoms with E-state index in [0.717, 1.165) is 18.8 Å². The number of hydrogen-bond donors (Lipinski definition) is 1. The summed E-state index contributed by atoms with van der Waals surface area (Å²) in [6.07, 6.45) is 0. The second kappa shape index (κ2) is 6.61. The van der Waals surface area contributed by atoms with Crippen molar-refractivity contribution in [2.75, 3.05) is 37.7 Å². The Balaban J connectivity index is 2.06. The van der Waals surface area contributed by atoms with E-state index in [0.29, 0.717) is 24.8 Å². The lowest BCUT2D eigenvalue weighted by Crippen LogP contribution is -2.53. The molecule has 3 atom stereocenters. The first kappa shape index (κ1) is 14.7. The molecule has 2 rings (SSSR count). The third kappa shape index (κ3) is 3.23. The number of carbonyl (C=O) groups is 2. The standard InChI is InChI=1S/C13H22N2O3S/c1-3-18-13(17)11-8-19-5-4-15(11)12(16)10-7-14-6-9(10)2/h9-11,14H,3-8H2,1-2H3/t9-,10-,11?/m1/s1. The van der Waals surface area contributed by atoms with Crippen molar-refractivity contribution in [3.05, 3.63) is 0 Å². The minimum atomic E-state index is -0.404. The number of carbonyl (C=O) groups excluding carboxylic acids is 2. The number of rotatable bonds is 3. The Morgan fingerprint density at radius 3 is 2.84 bits per heavy atom. The highest BCUT2D eigenvalue weighted by atomic mass is 32.2. The van der Waals surface area contributed by atoms with Crippen molar-refractivity contribution in [1.82, 2.24) is 10.2 Å². The number of thioether (sulfide) groups is 1. The van der Waals surface area contributed by atoms with E-state index in [2.05, 4.69) is 12.2 Å². The second-order valence-corrected chi connectivity index (χ2v) is 6.27. The third-order valence-electron chi connectivity index (χ3n) is 3.80. The van der Waals surface area contributed by atoms with Gasteiger partial charge in [-0.1, -0.05) is 6.92 Å². The van der Waals surface area contributed by atoms with Crippen LogP contribution in [0.2, 0.25) is 0 Å². The molecule has 0 aliphatic carbocycles. The zero-order chi connectivity index (χ0) is 13.8. The van der Waals surface area contributed by atoms with E-state index in [4.69, 9.17) is 4.74 Å². The highest BCUT2D eigenvalue weighted by molar-refractivity contribution is 7.99. The lowest BCUT2D eigenvalue weighted by Gasteiger charge is -2.35. The van der Waals surface area contributed by atoms with Crippen LogP contribution >= 0.6 is 11.8 Å². The third-order valence-corrected chi connectivity index (χ3v) is 4.83. The SMILES string of the molecule is CCOC(=O)C1CSCCN1C(=O)[C@@H]1CNC[C@H]1C. The van der Waals surface area contributed by atoms with Gasteiger partial charge in [0.25, 0.3) is 0 Å². The van der Waals surface area contributed by atoms with Crippen molar-refractivity contribution in [2.45, 2.75) is 19.9 Å². The molecule has 5 nitrogen and oxygen atoms in total. The maximum atomic E-state index is 12.6. The van der Waals surface area contributed by atoms with Gasteiger partial charge in [-0.15, -0.1) is 0 Å². The normalized spacial score (nSPS) is 31.3. The fourth-order valence-electron chi connectivity index (χ4n) is 2.65. The molecule has 2 aliphatic rings. The Hall–Kier alpha value is -0.750. The smallest absolute Gasteiger partial charge is 0.329 e. The van der Waals surface area contributed by atoms with E-state index in [9.17, 15) is 9.59 Å². The van der Waals surface area contributed by atoms with Gasteiger partial charge in [-0.25, -0.2) is 4.79 Å². The molecule has 0 aromatic carbocycles. The molecule has 19 heavy (non-hydrogen) atoms. The minimum Gasteiger partial charge on any atom is -0.464 e. The first-order chi connectivity index (χ1) is 9.15. The van der Waals surface area contributed by atoms with Crippen LogP contribution in [0, 0.1) is 11.8 Å². The number of nitrogens with zero attached hydrogens (tertiary/aromatic N) is 1. The first-order valence-corrected chi connectivity index (χ1v) is 8.06. The van der Waals surface area contributed by atoms with Crippen molar-refractivity contribution in [2.24, 2.45) is 11.8 Å². The van der Waals surface area contributed by atoms with E-state index in [1.807, 2.05) is 0 Å². The van der Waals surface area contributed by atoms with Gasteiger partial charge in [0.1, 0.15) is 6.04 Å². The molecule has 2 saturated heterocycles. The second-order valence-electron chi connectivity index (χ2n) is 5.12. The molecule has 1 unspecified atom stereocenters. The molecule has 2 aliphatic heterocycles. The Morgan fingerprint density at radius 1 is 1.42 bits per heavy atom. The van der Waals surface area contributed by atoms with Crippen molar-refractivity contribution < 1.29 is 14.3 Å². The molecule has 0 bridgehead atoms. The Bertz CT molecular complexity index is 351. The molecule has 0 saturated carbocycles. The highest BCUT2D eigenvalue weighted by Gasteiger charge is 2.39. The van der Waals surface area contributed by atoms with E-state index in [1.54, 1.807) is 23.6 Å². The summed E-state index contributed by atoms with van der Waals surface area (Å²) in [5.41, 5.74) is 0. The van der Waals surface area contributed by atoms with Crippen LogP contribution in [0.5, 0.6) is 0 Å². The minimum absolute atomic E-state index is 0.0000246. The van der Waals surface area contributed by atoms with E-state index in [1.165, 1.54) is 0 Å². The summed E-state index contributed by atoms with van der Waals surface area (Å²) < 4.78 is 5.09.